The summed E-state index contributed by atoms with van der Waals surface area (Å²) >= 11 is 0. The van der Waals surface area contributed by atoms with Crippen molar-refractivity contribution in [2.75, 3.05) is 6.61 Å². The monoisotopic (exact) mass is 564 g/mol. The predicted molar refractivity (Wildman–Crippen MR) is 98.0 cm³/mol. The molecule has 33 heavy (non-hydrogen) atoms. The van der Waals surface area contributed by atoms with Crippen LogP contribution in [0.1, 0.15) is 6.23 Å². The predicted octanol–water partition coefficient (Wildman–Crippen LogP) is -2.38. The number of ether oxygens (including phenoxy) is 1. The van der Waals surface area contributed by atoms with Gasteiger partial charge in [-0.25, -0.2) is 23.1 Å². The van der Waals surface area contributed by atoms with E-state index in [4.69, 9.17) is 29.2 Å². The first-order valence-corrected chi connectivity index (χ1v) is 14.0. The van der Waals surface area contributed by atoms with Crippen molar-refractivity contribution in [3.05, 3.63) is 33.1 Å². The topological polar surface area (TPSA) is 311 Å². The van der Waals surface area contributed by atoms with Crippen molar-refractivity contribution in [3.8, 4) is 0 Å². The SMILES string of the molecule is O=c1ccn([C@H]2O[C@@H](COP(=O)(O)OP(=O)(O)OP(=O)(O)O)C(O)C2OP(=O)(O)O)c(=O)[nH]1. The number of rotatable bonds is 10. The van der Waals surface area contributed by atoms with Gasteiger partial charge in [-0.2, -0.15) is 8.62 Å². The smallest absolute Gasteiger partial charge is 0.387 e. The quantitative estimate of drug-likeness (QED) is 0.137. The number of H-pyrrole nitrogens is 1. The Balaban J connectivity index is 2.21. The molecule has 2 heterocycles. The molecule has 0 bridgehead atoms. The molecular formula is C9H16N2O18P4. The molecule has 0 aromatic carbocycles. The Morgan fingerprint density at radius 3 is 2.09 bits per heavy atom. The molecule has 24 heteroatoms. The van der Waals surface area contributed by atoms with E-state index >= 15 is 0 Å². The normalized spacial score (nSPS) is 27.7. The van der Waals surface area contributed by atoms with Crippen molar-refractivity contribution in [2.24, 2.45) is 0 Å². The Morgan fingerprint density at radius 2 is 1.58 bits per heavy atom. The van der Waals surface area contributed by atoms with Gasteiger partial charge in [-0.15, -0.1) is 0 Å². The van der Waals surface area contributed by atoms with Gasteiger partial charge >= 0.3 is 37.0 Å². The highest BCUT2D eigenvalue weighted by atomic mass is 31.3. The fourth-order valence-electron chi connectivity index (χ4n) is 2.45. The van der Waals surface area contributed by atoms with Gasteiger partial charge in [0.05, 0.1) is 6.61 Å². The fraction of sp³-hybridized carbons (Fsp3) is 0.556. The Bertz CT molecular complexity index is 1160. The van der Waals surface area contributed by atoms with E-state index in [1.807, 2.05) is 0 Å². The zero-order chi connectivity index (χ0) is 25.4. The van der Waals surface area contributed by atoms with E-state index < -0.39 is 73.7 Å². The molecule has 0 radical (unpaired) electrons. The second-order valence-corrected chi connectivity index (χ2v) is 11.6. The van der Waals surface area contributed by atoms with Crippen LogP contribution < -0.4 is 11.2 Å². The zero-order valence-corrected chi connectivity index (χ0v) is 19.1. The standard InChI is InChI=1S/C9H16N2O18P4/c12-5-1-2-11(9(14)10-5)8-7(27-30(15,16)17)6(13)4(26-8)3-25-32(21,22)29-33(23,24)28-31(18,19)20/h1-2,4,6-8,13H,3H2,(H,21,22)(H,23,24)(H,10,12,14)(H2,15,16,17)(H2,18,19,20)/t4-,6?,7?,8-/m0/s1. The van der Waals surface area contributed by atoms with Gasteiger partial charge < -0.3 is 39.2 Å². The Hall–Kier alpha value is -0.880. The van der Waals surface area contributed by atoms with Gasteiger partial charge in [-0.05, 0) is 0 Å². The van der Waals surface area contributed by atoms with Crippen LogP contribution in [0.3, 0.4) is 0 Å². The summed E-state index contributed by atoms with van der Waals surface area (Å²) in [4.78, 5) is 78.5. The number of nitrogens with zero attached hydrogens (tertiary/aromatic N) is 1. The third kappa shape index (κ3) is 8.69. The van der Waals surface area contributed by atoms with Crippen LogP contribution in [-0.2, 0) is 40.7 Å². The van der Waals surface area contributed by atoms with E-state index in [0.717, 1.165) is 12.3 Å². The number of phosphoric acid groups is 4. The maximum Gasteiger partial charge on any atom is 0.490 e. The van der Waals surface area contributed by atoms with Crippen LogP contribution in [0.25, 0.3) is 0 Å². The second-order valence-electron chi connectivity index (χ2n) is 6.02. The molecule has 1 aromatic heterocycles. The van der Waals surface area contributed by atoms with Crippen LogP contribution in [0.4, 0.5) is 0 Å². The first-order chi connectivity index (χ1) is 14.8. The highest BCUT2D eigenvalue weighted by Gasteiger charge is 2.50. The largest absolute Gasteiger partial charge is 0.490 e. The highest BCUT2D eigenvalue weighted by Crippen LogP contribution is 2.66. The minimum atomic E-state index is -5.83. The maximum absolute atomic E-state index is 12.0. The van der Waals surface area contributed by atoms with Crippen LogP contribution in [0, 0.1) is 0 Å². The molecule has 1 aliphatic rings. The molecule has 190 valence electrons. The number of phosphoric ester groups is 2. The summed E-state index contributed by atoms with van der Waals surface area (Å²) in [5.41, 5.74) is -2.01. The summed E-state index contributed by atoms with van der Waals surface area (Å²) < 4.78 is 66.3. The molecule has 8 N–H and O–H groups in total. The Kier molecular flexibility index (Phi) is 8.60. The molecule has 0 spiro atoms. The van der Waals surface area contributed by atoms with Gasteiger partial charge in [-0.3, -0.25) is 23.4 Å². The maximum atomic E-state index is 12.0. The van der Waals surface area contributed by atoms with E-state index in [-0.39, 0.29) is 0 Å². The number of hydrogen-bond donors (Lipinski definition) is 8. The average molecular weight is 564 g/mol. The average Bonchev–Trinajstić information content (AvgIpc) is 2.84. The highest BCUT2D eigenvalue weighted by molar-refractivity contribution is 7.66. The summed E-state index contributed by atoms with van der Waals surface area (Å²) in [5, 5.41) is 10.3. The molecule has 0 amide bonds. The van der Waals surface area contributed by atoms with E-state index in [1.165, 1.54) is 0 Å². The lowest BCUT2D eigenvalue weighted by atomic mass is 10.1. The molecule has 0 aliphatic carbocycles. The number of hydrogen-bond acceptors (Lipinski definition) is 12. The Morgan fingerprint density at radius 1 is 0.970 bits per heavy atom. The second kappa shape index (κ2) is 10.0. The molecule has 20 nitrogen and oxygen atoms in total. The number of nitrogens with one attached hydrogen (secondary N) is 1. The van der Waals surface area contributed by atoms with Gasteiger partial charge in [0.1, 0.15) is 18.3 Å². The van der Waals surface area contributed by atoms with Crippen molar-refractivity contribution in [3.63, 3.8) is 0 Å². The van der Waals surface area contributed by atoms with Gasteiger partial charge in [0, 0.05) is 12.3 Å². The molecule has 2 rings (SSSR count). The minimum absolute atomic E-state index is 0.551. The number of aromatic amines is 1. The lowest BCUT2D eigenvalue weighted by molar-refractivity contribution is -0.0535. The van der Waals surface area contributed by atoms with Gasteiger partial charge in [0.15, 0.2) is 6.23 Å². The summed E-state index contributed by atoms with van der Waals surface area (Å²) in [6.07, 6.45) is -6.90. The third-order valence-electron chi connectivity index (χ3n) is 3.51. The van der Waals surface area contributed by atoms with Crippen molar-refractivity contribution < 1.29 is 75.1 Å². The molecular weight excluding hydrogens is 548 g/mol. The third-order valence-corrected chi connectivity index (χ3v) is 7.84. The molecule has 6 atom stereocenters. The van der Waals surface area contributed by atoms with Crippen molar-refractivity contribution >= 4 is 31.3 Å². The number of aliphatic hydroxyl groups excluding tert-OH is 1. The summed E-state index contributed by atoms with van der Waals surface area (Å²) in [6, 6.07) is 0.811. The number of aromatic nitrogens is 2. The molecule has 1 saturated heterocycles. The van der Waals surface area contributed by atoms with Gasteiger partial charge in [0.25, 0.3) is 5.56 Å². The van der Waals surface area contributed by atoms with Crippen LogP contribution in [-0.4, -0.2) is 68.9 Å². The first-order valence-electron chi connectivity index (χ1n) is 7.96. The molecule has 1 fully saturated rings. The van der Waals surface area contributed by atoms with Gasteiger partial charge in [-0.1, -0.05) is 0 Å². The Labute approximate surface area is 181 Å². The zero-order valence-electron chi connectivity index (χ0n) is 15.5. The van der Waals surface area contributed by atoms with Crippen molar-refractivity contribution in [2.45, 2.75) is 24.5 Å². The van der Waals surface area contributed by atoms with Crippen LogP contribution in [0.15, 0.2) is 21.9 Å². The summed E-state index contributed by atoms with van der Waals surface area (Å²) in [5.74, 6) is 0. The van der Waals surface area contributed by atoms with E-state index in [2.05, 4.69) is 17.7 Å². The lowest BCUT2D eigenvalue weighted by Crippen LogP contribution is -2.38. The lowest BCUT2D eigenvalue weighted by Gasteiger charge is -2.22. The van der Waals surface area contributed by atoms with E-state index in [0.29, 0.717) is 4.57 Å². The van der Waals surface area contributed by atoms with Crippen molar-refractivity contribution in [1.82, 2.24) is 9.55 Å². The molecule has 4 unspecified atom stereocenters. The van der Waals surface area contributed by atoms with Crippen LogP contribution in [0.5, 0.6) is 0 Å². The first kappa shape index (κ1) is 28.4. The summed E-state index contributed by atoms with van der Waals surface area (Å²) in [6.45, 7) is -1.22. The molecule has 1 aliphatic heterocycles. The van der Waals surface area contributed by atoms with Crippen molar-refractivity contribution in [1.29, 1.82) is 0 Å². The van der Waals surface area contributed by atoms with E-state index in [1.54, 1.807) is 4.98 Å². The minimum Gasteiger partial charge on any atom is -0.387 e. The fourth-order valence-corrected chi connectivity index (χ4v) is 6.03. The van der Waals surface area contributed by atoms with Gasteiger partial charge in [0.2, 0.25) is 0 Å². The number of aliphatic hydroxyl groups is 1. The molecule has 1 aromatic rings. The van der Waals surface area contributed by atoms with E-state index in [9.17, 15) is 37.8 Å². The van der Waals surface area contributed by atoms with Crippen LogP contribution in [0.2, 0.25) is 0 Å². The van der Waals surface area contributed by atoms with Crippen LogP contribution >= 0.6 is 31.3 Å². The summed E-state index contributed by atoms with van der Waals surface area (Å²) in [7, 11) is -22.4. The molecule has 0 saturated carbocycles.